The number of halogens is 8. The maximum absolute atomic E-state index is 13.8. The van der Waals surface area contributed by atoms with Crippen LogP contribution in [-0.2, 0) is 0 Å². The van der Waals surface area contributed by atoms with Crippen molar-refractivity contribution >= 4 is 0 Å². The van der Waals surface area contributed by atoms with Crippen molar-refractivity contribution in [2.75, 3.05) is 13.1 Å². The molecule has 0 aliphatic carbocycles. The van der Waals surface area contributed by atoms with Gasteiger partial charge in [-0.15, -0.1) is 0 Å². The molecule has 0 spiro atoms. The second kappa shape index (κ2) is 4.92. The molecule has 0 aromatic carbocycles. The Morgan fingerprint density at radius 3 is 1.63 bits per heavy atom. The van der Waals surface area contributed by atoms with Gasteiger partial charge in [-0.05, 0) is 12.8 Å². The van der Waals surface area contributed by atoms with E-state index in [-0.39, 0.29) is 4.90 Å². The van der Waals surface area contributed by atoms with Crippen LogP contribution in [0.4, 0.5) is 35.1 Å². The highest BCUT2D eigenvalue weighted by atomic mass is 19.4. The number of piperidine rings is 1. The van der Waals surface area contributed by atoms with Gasteiger partial charge in [-0.25, -0.2) is 8.78 Å². The van der Waals surface area contributed by atoms with Crippen molar-refractivity contribution in [3.05, 3.63) is 12.4 Å². The van der Waals surface area contributed by atoms with Crippen LogP contribution in [0.1, 0.15) is 12.8 Å². The van der Waals surface area contributed by atoms with Crippen LogP contribution in [0.25, 0.3) is 0 Å². The highest BCUT2D eigenvalue weighted by Crippen LogP contribution is 2.45. The lowest BCUT2D eigenvalue weighted by atomic mass is 9.94. The van der Waals surface area contributed by atoms with E-state index in [1.54, 1.807) is 0 Å². The van der Waals surface area contributed by atoms with Crippen molar-refractivity contribution < 1.29 is 35.1 Å². The number of hydrogen-bond acceptors (Lipinski definition) is 1. The fourth-order valence-electron chi connectivity index (χ4n) is 2.02. The average Bonchev–Trinajstić information content (AvgIpc) is 2.25. The molecule has 1 aliphatic rings. The first kappa shape index (κ1) is 16.2. The summed E-state index contributed by atoms with van der Waals surface area (Å²) < 4.78 is 101. The van der Waals surface area contributed by atoms with Crippen LogP contribution >= 0.6 is 0 Å². The first-order valence-electron chi connectivity index (χ1n) is 5.33. The smallest absolute Gasteiger partial charge is 0.258 e. The topological polar surface area (TPSA) is 3.24 Å². The summed E-state index contributed by atoms with van der Waals surface area (Å²) in [5.41, 5.74) is 0. The highest BCUT2D eigenvalue weighted by Gasteiger charge is 2.63. The van der Waals surface area contributed by atoms with Crippen molar-refractivity contribution in [1.82, 2.24) is 4.90 Å². The summed E-state index contributed by atoms with van der Waals surface area (Å²) in [5, 5.41) is 0. The lowest BCUT2D eigenvalue weighted by molar-refractivity contribution is -0.280. The maximum atomic E-state index is 13.8. The minimum absolute atomic E-state index is 0.0115. The molecule has 0 amide bonds. The van der Waals surface area contributed by atoms with E-state index in [0.29, 0.717) is 0 Å². The molecule has 1 rings (SSSR count). The van der Waals surface area contributed by atoms with Gasteiger partial charge in [0.25, 0.3) is 0 Å². The molecule has 0 aromatic heterocycles. The molecule has 1 atom stereocenters. The van der Waals surface area contributed by atoms with E-state index < -0.39 is 55.8 Å². The van der Waals surface area contributed by atoms with Crippen LogP contribution in [0.3, 0.4) is 0 Å². The first-order valence-corrected chi connectivity index (χ1v) is 5.33. The molecule has 112 valence electrons. The van der Waals surface area contributed by atoms with Gasteiger partial charge >= 0.3 is 18.1 Å². The second-order valence-electron chi connectivity index (χ2n) is 4.33. The van der Waals surface area contributed by atoms with Crippen LogP contribution in [0, 0.1) is 5.92 Å². The number of nitrogens with zero attached hydrogens (tertiary/aromatic N) is 1. The summed E-state index contributed by atoms with van der Waals surface area (Å²) in [7, 11) is 0. The minimum atomic E-state index is -5.59. The number of alkyl halides is 7. The molecule has 0 radical (unpaired) electrons. The van der Waals surface area contributed by atoms with Crippen LogP contribution in [0.5, 0.6) is 0 Å². The summed E-state index contributed by atoms with van der Waals surface area (Å²) in [6, 6.07) is 0. The maximum Gasteiger partial charge on any atom is 0.443 e. The molecule has 0 N–H and O–H groups in total. The van der Waals surface area contributed by atoms with E-state index in [1.807, 2.05) is 0 Å². The summed E-state index contributed by atoms with van der Waals surface area (Å²) >= 11 is 0. The quantitative estimate of drug-likeness (QED) is 0.550. The molecule has 1 fully saturated rings. The SMILES string of the molecule is C=C(F)C(F)(N1CCC(C(F)(F)F)CC1)C(F)(F)F. The number of rotatable bonds is 2. The minimum Gasteiger partial charge on any atom is -0.258 e. The Labute approximate surface area is 103 Å². The lowest BCUT2D eigenvalue weighted by Crippen LogP contribution is -2.58. The van der Waals surface area contributed by atoms with Gasteiger partial charge in [0.2, 0.25) is 0 Å². The van der Waals surface area contributed by atoms with Gasteiger partial charge < -0.3 is 0 Å². The zero-order valence-corrected chi connectivity index (χ0v) is 9.58. The largest absolute Gasteiger partial charge is 0.443 e. The van der Waals surface area contributed by atoms with Crippen molar-refractivity contribution in [1.29, 1.82) is 0 Å². The zero-order valence-electron chi connectivity index (χ0n) is 9.58. The van der Waals surface area contributed by atoms with Gasteiger partial charge in [0, 0.05) is 13.1 Å². The first-order chi connectivity index (χ1) is 8.40. The Kier molecular flexibility index (Phi) is 4.19. The van der Waals surface area contributed by atoms with Gasteiger partial charge in [-0.2, -0.15) is 26.3 Å². The van der Waals surface area contributed by atoms with E-state index in [2.05, 4.69) is 6.58 Å². The average molecular weight is 297 g/mol. The molecule has 0 saturated carbocycles. The monoisotopic (exact) mass is 297 g/mol. The van der Waals surface area contributed by atoms with Gasteiger partial charge in [0.05, 0.1) is 5.92 Å². The van der Waals surface area contributed by atoms with Gasteiger partial charge in [0.15, 0.2) is 5.83 Å². The lowest BCUT2D eigenvalue weighted by Gasteiger charge is -2.41. The van der Waals surface area contributed by atoms with Gasteiger partial charge in [-0.1, -0.05) is 6.58 Å². The molecule has 9 heteroatoms. The summed E-state index contributed by atoms with van der Waals surface area (Å²) in [6.07, 6.45) is -11.6. The molecule has 1 aliphatic heterocycles. The molecule has 1 heterocycles. The predicted molar refractivity (Wildman–Crippen MR) is 50.5 cm³/mol. The Bertz CT molecular complexity index is 338. The summed E-state index contributed by atoms with van der Waals surface area (Å²) in [5.74, 6) is -8.50. The highest BCUT2D eigenvalue weighted by molar-refractivity contribution is 5.09. The Hall–Kier alpha value is -0.860. The third kappa shape index (κ3) is 3.01. The molecular weight excluding hydrogens is 286 g/mol. The number of hydrogen-bond donors (Lipinski definition) is 0. The molecule has 1 saturated heterocycles. The predicted octanol–water partition coefficient (Wildman–Crippen LogP) is 3.97. The van der Waals surface area contributed by atoms with E-state index >= 15 is 0 Å². The van der Waals surface area contributed by atoms with Crippen molar-refractivity contribution in [2.24, 2.45) is 5.92 Å². The molecule has 1 nitrogen and oxygen atoms in total. The van der Waals surface area contributed by atoms with E-state index in [9.17, 15) is 35.1 Å². The molecule has 0 aromatic rings. The Morgan fingerprint density at radius 2 is 1.37 bits per heavy atom. The van der Waals surface area contributed by atoms with E-state index in [0.717, 1.165) is 0 Å². The van der Waals surface area contributed by atoms with E-state index in [1.165, 1.54) is 0 Å². The fraction of sp³-hybridized carbons (Fsp3) is 0.800. The van der Waals surface area contributed by atoms with Crippen molar-refractivity contribution in [3.63, 3.8) is 0 Å². The molecule has 1 unspecified atom stereocenters. The standard InChI is InChI=1S/C10H11F8N/c1-6(11)8(12,10(16,17)18)19-4-2-7(3-5-19)9(13,14)15/h7H,1-5H2. The third-order valence-electron chi connectivity index (χ3n) is 3.13. The second-order valence-corrected chi connectivity index (χ2v) is 4.33. The summed E-state index contributed by atoms with van der Waals surface area (Å²) in [6.45, 7) is 0.623. The summed E-state index contributed by atoms with van der Waals surface area (Å²) in [4.78, 5) is 0.0115. The van der Waals surface area contributed by atoms with Gasteiger partial charge in [0.1, 0.15) is 0 Å². The van der Waals surface area contributed by atoms with Crippen LogP contribution in [0.2, 0.25) is 0 Å². The fourth-order valence-corrected chi connectivity index (χ4v) is 2.02. The van der Waals surface area contributed by atoms with Gasteiger partial charge in [-0.3, -0.25) is 4.90 Å². The zero-order chi connectivity index (χ0) is 15.1. The van der Waals surface area contributed by atoms with Crippen LogP contribution in [-0.4, -0.2) is 36.1 Å². The Morgan fingerprint density at radius 1 is 0.947 bits per heavy atom. The van der Waals surface area contributed by atoms with E-state index in [4.69, 9.17) is 0 Å². The molecule has 0 bridgehead atoms. The normalized spacial score (nSPS) is 23.2. The van der Waals surface area contributed by atoms with Crippen LogP contribution in [0.15, 0.2) is 12.4 Å². The van der Waals surface area contributed by atoms with Crippen molar-refractivity contribution in [2.45, 2.75) is 31.0 Å². The third-order valence-corrected chi connectivity index (χ3v) is 3.13. The molecule has 19 heavy (non-hydrogen) atoms. The molecular formula is C10H11F8N. The Balaban J connectivity index is 2.86. The number of likely N-dealkylation sites (tertiary alicyclic amines) is 1. The van der Waals surface area contributed by atoms with Crippen LogP contribution < -0.4 is 0 Å². The van der Waals surface area contributed by atoms with Crippen molar-refractivity contribution in [3.8, 4) is 0 Å².